The number of aryl methyl sites for hydroxylation is 1. The van der Waals surface area contributed by atoms with Gasteiger partial charge in [-0.25, -0.2) is 9.78 Å². The molecule has 0 spiro atoms. The van der Waals surface area contributed by atoms with Crippen LogP contribution in [0.15, 0.2) is 67.0 Å². The summed E-state index contributed by atoms with van der Waals surface area (Å²) in [6.07, 6.45) is -1.02. The molecule has 0 bridgehead atoms. The predicted octanol–water partition coefficient (Wildman–Crippen LogP) is 3.56. The van der Waals surface area contributed by atoms with Gasteiger partial charge in [0.05, 0.1) is 12.2 Å². The van der Waals surface area contributed by atoms with Gasteiger partial charge in [-0.3, -0.25) is 4.79 Å². The first-order valence-electron chi connectivity index (χ1n) is 9.95. The molecule has 10 heteroatoms. The fraction of sp³-hybridized carbons (Fsp3) is 0.261. The Labute approximate surface area is 188 Å². The van der Waals surface area contributed by atoms with Crippen molar-refractivity contribution in [1.29, 1.82) is 0 Å². The van der Waals surface area contributed by atoms with Crippen molar-refractivity contribution in [2.75, 3.05) is 13.2 Å². The molecule has 0 aliphatic heterocycles. The molecule has 0 saturated carbocycles. The molecule has 2 aromatic carbocycles. The molecule has 1 N–H and O–H groups in total. The Bertz CT molecular complexity index is 1070. The number of ether oxygens (including phenoxy) is 2. The van der Waals surface area contributed by atoms with E-state index < -0.39 is 37.3 Å². The Kier molecular flexibility index (Phi) is 7.83. The average molecular weight is 461 g/mol. The number of nitrogens with zero attached hydrogens (tertiary/aromatic N) is 2. The molecular formula is C23H22F3N3O4. The summed E-state index contributed by atoms with van der Waals surface area (Å²) >= 11 is 0. The van der Waals surface area contributed by atoms with Crippen molar-refractivity contribution < 1.29 is 32.2 Å². The molecule has 0 aliphatic rings. The topological polar surface area (TPSA) is 82.5 Å². The zero-order chi connectivity index (χ0) is 23.8. The molecule has 1 heterocycles. The van der Waals surface area contributed by atoms with Crippen molar-refractivity contribution in [3.63, 3.8) is 0 Å². The number of alkyl halides is 3. The smallest absolute Gasteiger partial charge is 0.411 e. The first-order valence-corrected chi connectivity index (χ1v) is 9.95. The largest absolute Gasteiger partial charge is 0.452 e. The third-order valence-electron chi connectivity index (χ3n) is 4.61. The molecule has 1 amide bonds. The van der Waals surface area contributed by atoms with Crippen LogP contribution in [0, 0.1) is 0 Å². The molecule has 7 nitrogen and oxygen atoms in total. The van der Waals surface area contributed by atoms with Crippen LogP contribution in [-0.2, 0) is 27.9 Å². The number of rotatable bonds is 9. The molecular weight excluding hydrogens is 439 g/mol. The van der Waals surface area contributed by atoms with E-state index >= 15 is 0 Å². The number of hydrogen-bond donors (Lipinski definition) is 1. The van der Waals surface area contributed by atoms with Crippen LogP contribution in [0.25, 0.3) is 0 Å². The Morgan fingerprint density at radius 3 is 2.39 bits per heavy atom. The standard InChI is InChI=1S/C23H22F3N3O4/c1-29-12-11-27-21(29)20(17-5-3-2-4-6-17)28-19(30)14-33-22(31)18-9-7-16(8-10-18)13-32-15-23(24,25)26/h2-12,20H,13-15H2,1H3,(H,28,30). The maximum atomic E-state index is 12.5. The summed E-state index contributed by atoms with van der Waals surface area (Å²) in [5.74, 6) is -0.636. The van der Waals surface area contributed by atoms with Crippen LogP contribution in [0.5, 0.6) is 0 Å². The number of aromatic nitrogens is 2. The summed E-state index contributed by atoms with van der Waals surface area (Å²) in [5, 5.41) is 2.82. The second-order valence-electron chi connectivity index (χ2n) is 7.19. The first-order chi connectivity index (χ1) is 15.7. The van der Waals surface area contributed by atoms with E-state index in [0.717, 1.165) is 5.56 Å². The number of benzene rings is 2. The number of nitrogens with one attached hydrogen (secondary N) is 1. The Morgan fingerprint density at radius 1 is 1.09 bits per heavy atom. The van der Waals surface area contributed by atoms with E-state index in [9.17, 15) is 22.8 Å². The number of amides is 1. The predicted molar refractivity (Wildman–Crippen MR) is 112 cm³/mol. The summed E-state index contributed by atoms with van der Waals surface area (Å²) < 4.78 is 47.8. The first kappa shape index (κ1) is 24.0. The van der Waals surface area contributed by atoms with Crippen molar-refractivity contribution in [1.82, 2.24) is 14.9 Å². The maximum Gasteiger partial charge on any atom is 0.411 e. The van der Waals surface area contributed by atoms with Crippen LogP contribution in [0.3, 0.4) is 0 Å². The minimum absolute atomic E-state index is 0.158. The van der Waals surface area contributed by atoms with Crippen LogP contribution < -0.4 is 5.32 Å². The van der Waals surface area contributed by atoms with E-state index in [1.54, 1.807) is 17.0 Å². The van der Waals surface area contributed by atoms with Crippen LogP contribution in [0.1, 0.15) is 33.4 Å². The van der Waals surface area contributed by atoms with E-state index in [1.165, 1.54) is 24.3 Å². The molecule has 0 radical (unpaired) electrons. The van der Waals surface area contributed by atoms with Crippen molar-refractivity contribution >= 4 is 11.9 Å². The van der Waals surface area contributed by atoms with Gasteiger partial charge in [0.2, 0.25) is 0 Å². The second kappa shape index (κ2) is 10.8. The van der Waals surface area contributed by atoms with Gasteiger partial charge in [-0.15, -0.1) is 0 Å². The average Bonchev–Trinajstić information content (AvgIpc) is 3.21. The van der Waals surface area contributed by atoms with Crippen LogP contribution >= 0.6 is 0 Å². The summed E-state index contributed by atoms with van der Waals surface area (Å²) in [6, 6.07) is 14.4. The molecule has 174 valence electrons. The third-order valence-corrected chi connectivity index (χ3v) is 4.61. The van der Waals surface area contributed by atoms with Crippen LogP contribution in [0.4, 0.5) is 13.2 Å². The van der Waals surface area contributed by atoms with E-state index in [4.69, 9.17) is 4.74 Å². The molecule has 0 saturated heterocycles. The highest BCUT2D eigenvalue weighted by atomic mass is 19.4. The highest BCUT2D eigenvalue weighted by Crippen LogP contribution is 2.20. The SMILES string of the molecule is Cn1ccnc1C(NC(=O)COC(=O)c1ccc(COCC(F)(F)F)cc1)c1ccccc1. The van der Waals surface area contributed by atoms with Crippen LogP contribution in [0.2, 0.25) is 0 Å². The number of carbonyl (C=O) groups is 2. The molecule has 1 atom stereocenters. The number of esters is 1. The van der Waals surface area contributed by atoms with Gasteiger partial charge in [-0.1, -0.05) is 42.5 Å². The zero-order valence-electron chi connectivity index (χ0n) is 17.7. The second-order valence-corrected chi connectivity index (χ2v) is 7.19. The fourth-order valence-corrected chi connectivity index (χ4v) is 3.04. The Morgan fingerprint density at radius 2 is 1.79 bits per heavy atom. The van der Waals surface area contributed by atoms with Gasteiger partial charge in [0, 0.05) is 19.4 Å². The fourth-order valence-electron chi connectivity index (χ4n) is 3.04. The lowest BCUT2D eigenvalue weighted by Gasteiger charge is -2.19. The lowest BCUT2D eigenvalue weighted by molar-refractivity contribution is -0.176. The van der Waals surface area contributed by atoms with E-state index in [-0.39, 0.29) is 12.2 Å². The van der Waals surface area contributed by atoms with Crippen molar-refractivity contribution in [3.8, 4) is 0 Å². The normalized spacial score (nSPS) is 12.2. The molecule has 0 fully saturated rings. The number of hydrogen-bond acceptors (Lipinski definition) is 5. The number of imidazole rings is 1. The maximum absolute atomic E-state index is 12.5. The summed E-state index contributed by atoms with van der Waals surface area (Å²) in [5.41, 5.74) is 1.44. The van der Waals surface area contributed by atoms with E-state index in [2.05, 4.69) is 15.0 Å². The van der Waals surface area contributed by atoms with E-state index in [0.29, 0.717) is 11.4 Å². The highest BCUT2D eigenvalue weighted by molar-refractivity contribution is 5.91. The molecule has 1 unspecified atom stereocenters. The molecule has 1 aromatic heterocycles. The summed E-state index contributed by atoms with van der Waals surface area (Å²) in [4.78, 5) is 29.0. The van der Waals surface area contributed by atoms with Gasteiger partial charge in [0.15, 0.2) is 6.61 Å². The number of carbonyl (C=O) groups excluding carboxylic acids is 2. The molecule has 3 aromatic rings. The van der Waals surface area contributed by atoms with Crippen LogP contribution in [-0.4, -0.2) is 40.8 Å². The number of halogens is 3. The van der Waals surface area contributed by atoms with E-state index in [1.807, 2.05) is 37.4 Å². The molecule has 33 heavy (non-hydrogen) atoms. The van der Waals surface area contributed by atoms with Gasteiger partial charge < -0.3 is 19.4 Å². The van der Waals surface area contributed by atoms with Gasteiger partial charge in [0.1, 0.15) is 18.5 Å². The lowest BCUT2D eigenvalue weighted by Crippen LogP contribution is -2.34. The quantitative estimate of drug-likeness (QED) is 0.493. The van der Waals surface area contributed by atoms with Gasteiger partial charge in [0.25, 0.3) is 5.91 Å². The van der Waals surface area contributed by atoms with Crippen molar-refractivity contribution in [2.45, 2.75) is 18.8 Å². The van der Waals surface area contributed by atoms with Gasteiger partial charge >= 0.3 is 12.1 Å². The Hall–Kier alpha value is -3.66. The minimum atomic E-state index is -4.40. The third kappa shape index (κ3) is 7.18. The van der Waals surface area contributed by atoms with Gasteiger partial charge in [-0.05, 0) is 23.3 Å². The molecule has 0 aliphatic carbocycles. The minimum Gasteiger partial charge on any atom is -0.452 e. The summed E-state index contributed by atoms with van der Waals surface area (Å²) in [7, 11) is 1.81. The van der Waals surface area contributed by atoms with Crippen molar-refractivity contribution in [3.05, 3.63) is 89.5 Å². The zero-order valence-corrected chi connectivity index (χ0v) is 17.7. The molecule has 3 rings (SSSR count). The highest BCUT2D eigenvalue weighted by Gasteiger charge is 2.27. The monoisotopic (exact) mass is 461 g/mol. The summed E-state index contributed by atoms with van der Waals surface area (Å²) in [6.45, 7) is -2.11. The Balaban J connectivity index is 1.55. The lowest BCUT2D eigenvalue weighted by atomic mass is 10.1. The van der Waals surface area contributed by atoms with Crippen molar-refractivity contribution in [2.24, 2.45) is 7.05 Å². The van der Waals surface area contributed by atoms with Gasteiger partial charge in [-0.2, -0.15) is 13.2 Å².